The van der Waals surface area contributed by atoms with E-state index in [0.717, 1.165) is 48.0 Å². The third-order valence-corrected chi connectivity index (χ3v) is 4.62. The molecule has 0 aliphatic carbocycles. The number of anilines is 1. The van der Waals surface area contributed by atoms with Gasteiger partial charge < -0.3 is 10.1 Å². The molecule has 6 heteroatoms. The van der Waals surface area contributed by atoms with Gasteiger partial charge in [-0.3, -0.25) is 4.90 Å². The Kier molecular flexibility index (Phi) is 4.67. The average Bonchev–Trinajstić information content (AvgIpc) is 2.95. The molecule has 0 spiro atoms. The summed E-state index contributed by atoms with van der Waals surface area (Å²) in [6, 6.07) is 2.06. The lowest BCUT2D eigenvalue weighted by Gasteiger charge is -2.27. The highest BCUT2D eigenvalue weighted by molar-refractivity contribution is 7.16. The standard InChI is InChI=1S/C15H22N4OS/c1-16-14-12-6-8-21-15(12)18-13(17-14)10-19(2)9-11-5-3-4-7-20-11/h6,8,11H,3-5,7,9-10H2,1-2H3,(H,16,17,18). The summed E-state index contributed by atoms with van der Waals surface area (Å²) in [5.74, 6) is 1.78. The number of hydrogen-bond donors (Lipinski definition) is 1. The van der Waals surface area contributed by atoms with E-state index in [-0.39, 0.29) is 0 Å². The average molecular weight is 306 g/mol. The van der Waals surface area contributed by atoms with Gasteiger partial charge in [0.25, 0.3) is 0 Å². The maximum absolute atomic E-state index is 5.80. The van der Waals surface area contributed by atoms with Crippen molar-refractivity contribution in [3.63, 3.8) is 0 Å². The Morgan fingerprint density at radius 1 is 1.43 bits per heavy atom. The van der Waals surface area contributed by atoms with Crippen LogP contribution in [0.1, 0.15) is 25.1 Å². The zero-order valence-corrected chi connectivity index (χ0v) is 13.4. The number of fused-ring (bicyclic) bond motifs is 1. The highest BCUT2D eigenvalue weighted by atomic mass is 32.1. The monoisotopic (exact) mass is 306 g/mol. The normalized spacial score (nSPS) is 19.3. The van der Waals surface area contributed by atoms with E-state index in [4.69, 9.17) is 4.74 Å². The molecule has 1 aliphatic heterocycles. The molecule has 0 bridgehead atoms. The van der Waals surface area contributed by atoms with Crippen LogP contribution in [0, 0.1) is 0 Å². The van der Waals surface area contributed by atoms with Crippen molar-refractivity contribution in [3.05, 3.63) is 17.3 Å². The van der Waals surface area contributed by atoms with Gasteiger partial charge in [-0.05, 0) is 37.8 Å². The van der Waals surface area contributed by atoms with E-state index < -0.39 is 0 Å². The van der Waals surface area contributed by atoms with Crippen LogP contribution in [-0.4, -0.2) is 48.2 Å². The largest absolute Gasteiger partial charge is 0.377 e. The third kappa shape index (κ3) is 3.51. The van der Waals surface area contributed by atoms with E-state index in [0.29, 0.717) is 6.10 Å². The Morgan fingerprint density at radius 3 is 3.10 bits per heavy atom. The van der Waals surface area contributed by atoms with Gasteiger partial charge in [0.05, 0.1) is 18.0 Å². The summed E-state index contributed by atoms with van der Waals surface area (Å²) in [6.07, 6.45) is 4.00. The van der Waals surface area contributed by atoms with Crippen LogP contribution in [0.25, 0.3) is 10.2 Å². The summed E-state index contributed by atoms with van der Waals surface area (Å²) < 4.78 is 5.80. The molecule has 1 aliphatic rings. The molecular weight excluding hydrogens is 284 g/mol. The molecule has 21 heavy (non-hydrogen) atoms. The fourth-order valence-electron chi connectivity index (χ4n) is 2.77. The Morgan fingerprint density at radius 2 is 2.33 bits per heavy atom. The van der Waals surface area contributed by atoms with Crippen molar-refractivity contribution in [2.75, 3.05) is 32.6 Å². The van der Waals surface area contributed by atoms with Gasteiger partial charge in [-0.25, -0.2) is 9.97 Å². The predicted molar refractivity (Wildman–Crippen MR) is 86.9 cm³/mol. The van der Waals surface area contributed by atoms with Crippen LogP contribution in [0.3, 0.4) is 0 Å². The van der Waals surface area contributed by atoms with Crippen molar-refractivity contribution in [2.45, 2.75) is 31.9 Å². The number of rotatable bonds is 5. The molecule has 2 aromatic rings. The molecular formula is C15H22N4OS. The molecule has 5 nitrogen and oxygen atoms in total. The molecule has 0 saturated carbocycles. The van der Waals surface area contributed by atoms with E-state index in [9.17, 15) is 0 Å². The lowest BCUT2D eigenvalue weighted by atomic mass is 10.1. The summed E-state index contributed by atoms with van der Waals surface area (Å²) in [7, 11) is 4.02. The van der Waals surface area contributed by atoms with Crippen molar-refractivity contribution < 1.29 is 4.74 Å². The maximum Gasteiger partial charge on any atom is 0.146 e. The van der Waals surface area contributed by atoms with Crippen LogP contribution in [0.2, 0.25) is 0 Å². The first-order valence-corrected chi connectivity index (χ1v) is 8.36. The third-order valence-electron chi connectivity index (χ3n) is 3.81. The van der Waals surface area contributed by atoms with Gasteiger partial charge in [0, 0.05) is 20.2 Å². The zero-order valence-electron chi connectivity index (χ0n) is 12.6. The summed E-state index contributed by atoms with van der Waals surface area (Å²) in [5.41, 5.74) is 0. The molecule has 0 radical (unpaired) electrons. The first kappa shape index (κ1) is 14.7. The molecule has 114 valence electrons. The SMILES string of the molecule is CNc1nc(CN(C)CC2CCCCO2)nc2sccc12. The Hall–Kier alpha value is -1.24. The van der Waals surface area contributed by atoms with Gasteiger partial charge in [0.15, 0.2) is 0 Å². The quantitative estimate of drug-likeness (QED) is 0.920. The van der Waals surface area contributed by atoms with Gasteiger partial charge in [0.2, 0.25) is 0 Å². The summed E-state index contributed by atoms with van der Waals surface area (Å²) in [4.78, 5) is 12.6. The maximum atomic E-state index is 5.80. The van der Waals surface area contributed by atoms with Crippen molar-refractivity contribution in [2.24, 2.45) is 0 Å². The van der Waals surface area contributed by atoms with Crippen LogP contribution in [0.5, 0.6) is 0 Å². The summed E-state index contributed by atoms with van der Waals surface area (Å²) in [6.45, 7) is 2.60. The first-order chi connectivity index (χ1) is 10.3. The van der Waals surface area contributed by atoms with Gasteiger partial charge >= 0.3 is 0 Å². The van der Waals surface area contributed by atoms with E-state index >= 15 is 0 Å². The second-order valence-corrected chi connectivity index (χ2v) is 6.46. The lowest BCUT2D eigenvalue weighted by Crippen LogP contribution is -2.33. The Labute approximate surface area is 129 Å². The van der Waals surface area contributed by atoms with Gasteiger partial charge in [-0.15, -0.1) is 11.3 Å². The number of thiophene rings is 1. The van der Waals surface area contributed by atoms with Crippen molar-refractivity contribution in [1.82, 2.24) is 14.9 Å². The van der Waals surface area contributed by atoms with Crippen LogP contribution in [-0.2, 0) is 11.3 Å². The van der Waals surface area contributed by atoms with Crippen LogP contribution < -0.4 is 5.32 Å². The van der Waals surface area contributed by atoms with Gasteiger partial charge in [-0.2, -0.15) is 0 Å². The van der Waals surface area contributed by atoms with Crippen LogP contribution in [0.15, 0.2) is 11.4 Å². The first-order valence-electron chi connectivity index (χ1n) is 7.48. The molecule has 3 heterocycles. The summed E-state index contributed by atoms with van der Waals surface area (Å²) >= 11 is 1.66. The minimum absolute atomic E-state index is 0.359. The molecule has 1 unspecified atom stereocenters. The molecule has 0 amide bonds. The number of hydrogen-bond acceptors (Lipinski definition) is 6. The molecule has 1 fully saturated rings. The van der Waals surface area contributed by atoms with Crippen LogP contribution >= 0.6 is 11.3 Å². The Bertz CT molecular complexity index is 594. The number of ether oxygens (including phenoxy) is 1. The number of likely N-dealkylation sites (N-methyl/N-ethyl adjacent to an activating group) is 1. The predicted octanol–water partition coefficient (Wildman–Crippen LogP) is 2.73. The zero-order chi connectivity index (χ0) is 14.7. The van der Waals surface area contributed by atoms with E-state index in [1.54, 1.807) is 11.3 Å². The lowest BCUT2D eigenvalue weighted by molar-refractivity contribution is -0.00289. The highest BCUT2D eigenvalue weighted by Gasteiger charge is 2.17. The van der Waals surface area contributed by atoms with Gasteiger partial charge in [0.1, 0.15) is 16.5 Å². The van der Waals surface area contributed by atoms with Crippen molar-refractivity contribution in [1.29, 1.82) is 0 Å². The fraction of sp³-hybridized carbons (Fsp3) is 0.600. The fourth-order valence-corrected chi connectivity index (χ4v) is 3.55. The molecule has 0 aromatic carbocycles. The number of nitrogens with one attached hydrogen (secondary N) is 1. The smallest absolute Gasteiger partial charge is 0.146 e. The highest BCUT2D eigenvalue weighted by Crippen LogP contribution is 2.25. The van der Waals surface area contributed by atoms with Gasteiger partial charge in [-0.1, -0.05) is 0 Å². The number of aromatic nitrogens is 2. The van der Waals surface area contributed by atoms with E-state index in [1.165, 1.54) is 12.8 Å². The molecule has 1 atom stereocenters. The molecule has 1 N–H and O–H groups in total. The van der Waals surface area contributed by atoms with Crippen molar-refractivity contribution >= 4 is 27.4 Å². The second-order valence-electron chi connectivity index (χ2n) is 5.56. The minimum Gasteiger partial charge on any atom is -0.377 e. The van der Waals surface area contributed by atoms with Crippen molar-refractivity contribution in [3.8, 4) is 0 Å². The summed E-state index contributed by atoms with van der Waals surface area (Å²) in [5, 5.41) is 6.32. The van der Waals surface area contributed by atoms with E-state index in [1.807, 2.05) is 7.05 Å². The molecule has 3 rings (SSSR count). The number of nitrogens with zero attached hydrogens (tertiary/aromatic N) is 3. The molecule has 1 saturated heterocycles. The second kappa shape index (κ2) is 6.68. The Balaban J connectivity index is 1.68. The van der Waals surface area contributed by atoms with Crippen LogP contribution in [0.4, 0.5) is 5.82 Å². The molecule has 2 aromatic heterocycles. The van der Waals surface area contributed by atoms with E-state index in [2.05, 4.69) is 38.7 Å². The minimum atomic E-state index is 0.359. The topological polar surface area (TPSA) is 50.3 Å².